The van der Waals surface area contributed by atoms with E-state index in [-0.39, 0.29) is 11.5 Å². The van der Waals surface area contributed by atoms with E-state index >= 15 is 0 Å². The summed E-state index contributed by atoms with van der Waals surface area (Å²) in [4.78, 5) is 4.20. The van der Waals surface area contributed by atoms with E-state index in [9.17, 15) is 13.2 Å². The molecular formula is C20H16F3NO2. The van der Waals surface area contributed by atoms with Gasteiger partial charge in [0.25, 0.3) is 0 Å². The van der Waals surface area contributed by atoms with Gasteiger partial charge in [0.15, 0.2) is 11.6 Å². The lowest BCUT2D eigenvalue weighted by molar-refractivity contribution is 0.120. The quantitative estimate of drug-likeness (QED) is 0.605. The van der Waals surface area contributed by atoms with Gasteiger partial charge in [0.2, 0.25) is 5.88 Å². The molecule has 26 heavy (non-hydrogen) atoms. The molecule has 1 aliphatic rings. The number of hydrogen-bond acceptors (Lipinski definition) is 3. The third-order valence-corrected chi connectivity index (χ3v) is 4.80. The van der Waals surface area contributed by atoms with Gasteiger partial charge in [0.1, 0.15) is 17.7 Å². The van der Waals surface area contributed by atoms with E-state index in [1.165, 1.54) is 0 Å². The van der Waals surface area contributed by atoms with Crippen LogP contribution in [-0.2, 0) is 6.42 Å². The monoisotopic (exact) mass is 359 g/mol. The molecule has 2 atom stereocenters. The molecule has 4 rings (SSSR count). The van der Waals surface area contributed by atoms with Crippen molar-refractivity contribution in [2.45, 2.75) is 19.4 Å². The molecule has 0 aliphatic carbocycles. The van der Waals surface area contributed by atoms with Crippen molar-refractivity contribution in [2.24, 2.45) is 5.92 Å². The molecule has 1 aromatic heterocycles. The summed E-state index contributed by atoms with van der Waals surface area (Å²) in [5.74, 6) is -2.15. The molecule has 0 radical (unpaired) electrons. The summed E-state index contributed by atoms with van der Waals surface area (Å²) in [5.41, 5.74) is 0.990. The molecular weight excluding hydrogens is 343 g/mol. The van der Waals surface area contributed by atoms with Gasteiger partial charge < -0.3 is 9.47 Å². The fourth-order valence-electron chi connectivity index (χ4n) is 3.48. The zero-order chi connectivity index (χ0) is 18.4. The first kappa shape index (κ1) is 16.7. The van der Waals surface area contributed by atoms with E-state index < -0.39 is 23.6 Å². The van der Waals surface area contributed by atoms with Crippen molar-refractivity contribution < 1.29 is 22.6 Å². The van der Waals surface area contributed by atoms with Crippen LogP contribution < -0.4 is 9.47 Å². The minimum atomic E-state index is -1.21. The number of pyridine rings is 1. The average Bonchev–Trinajstić information content (AvgIpc) is 2.64. The normalized spacial score (nSPS) is 19.1. The van der Waals surface area contributed by atoms with Crippen LogP contribution in [0.5, 0.6) is 11.6 Å². The van der Waals surface area contributed by atoms with Gasteiger partial charge in [-0.1, -0.05) is 6.92 Å². The Morgan fingerprint density at radius 2 is 1.85 bits per heavy atom. The van der Waals surface area contributed by atoms with Crippen LogP contribution in [-0.4, -0.2) is 12.1 Å². The number of ether oxygens (including phenoxy) is 2. The van der Waals surface area contributed by atoms with E-state index in [4.69, 9.17) is 9.47 Å². The van der Waals surface area contributed by atoms with E-state index in [1.807, 2.05) is 19.1 Å². The van der Waals surface area contributed by atoms with Crippen LogP contribution in [0.4, 0.5) is 13.2 Å². The number of aromatic nitrogens is 1. The number of fused-ring (bicyclic) bond motifs is 3. The van der Waals surface area contributed by atoms with Crippen molar-refractivity contribution in [1.82, 2.24) is 4.98 Å². The summed E-state index contributed by atoms with van der Waals surface area (Å²) in [6, 6.07) is 6.93. The van der Waals surface area contributed by atoms with E-state index in [0.29, 0.717) is 24.1 Å². The first-order valence-corrected chi connectivity index (χ1v) is 8.24. The molecule has 0 fully saturated rings. The smallest absolute Gasteiger partial charge is 0.213 e. The van der Waals surface area contributed by atoms with Crippen molar-refractivity contribution in [1.29, 1.82) is 0 Å². The van der Waals surface area contributed by atoms with Crippen LogP contribution in [0.2, 0.25) is 0 Å². The summed E-state index contributed by atoms with van der Waals surface area (Å²) >= 11 is 0. The van der Waals surface area contributed by atoms with Crippen LogP contribution in [0.1, 0.15) is 24.2 Å². The van der Waals surface area contributed by atoms with Crippen molar-refractivity contribution in [2.75, 3.05) is 7.11 Å². The number of nitrogens with zero attached hydrogens (tertiary/aromatic N) is 1. The molecule has 0 saturated carbocycles. The summed E-state index contributed by atoms with van der Waals surface area (Å²) in [5, 5.41) is 1.89. The fraction of sp³-hybridized carbons (Fsp3) is 0.250. The van der Waals surface area contributed by atoms with Gasteiger partial charge in [-0.3, -0.25) is 0 Å². The topological polar surface area (TPSA) is 31.4 Å². The van der Waals surface area contributed by atoms with Gasteiger partial charge in [-0.2, -0.15) is 0 Å². The Labute approximate surface area is 148 Å². The Bertz CT molecular complexity index is 1010. The van der Waals surface area contributed by atoms with Crippen molar-refractivity contribution in [3.63, 3.8) is 0 Å². The van der Waals surface area contributed by atoms with Crippen LogP contribution in [0.25, 0.3) is 10.8 Å². The molecule has 2 aromatic carbocycles. The third kappa shape index (κ3) is 2.66. The van der Waals surface area contributed by atoms with Crippen LogP contribution in [0, 0.1) is 23.4 Å². The van der Waals surface area contributed by atoms with Crippen LogP contribution >= 0.6 is 0 Å². The van der Waals surface area contributed by atoms with Crippen molar-refractivity contribution >= 4 is 10.8 Å². The Hall–Kier alpha value is -2.76. The minimum absolute atomic E-state index is 0.0226. The summed E-state index contributed by atoms with van der Waals surface area (Å²) < 4.78 is 52.2. The maximum absolute atomic E-state index is 14.2. The highest BCUT2D eigenvalue weighted by molar-refractivity contribution is 5.88. The highest BCUT2D eigenvalue weighted by Crippen LogP contribution is 2.42. The SMILES string of the molecule is COc1cc2c3c(ccc2cn1)O[C@H](c1cc(F)c(F)cc1F)[C@@H](C)C3. The van der Waals surface area contributed by atoms with Crippen molar-refractivity contribution in [3.05, 3.63) is 65.1 Å². The Morgan fingerprint density at radius 3 is 2.62 bits per heavy atom. The molecule has 2 heterocycles. The maximum atomic E-state index is 14.2. The highest BCUT2D eigenvalue weighted by atomic mass is 19.2. The second-order valence-electron chi connectivity index (χ2n) is 6.50. The number of hydrogen-bond donors (Lipinski definition) is 0. The Kier molecular flexibility index (Phi) is 3.98. The molecule has 134 valence electrons. The molecule has 0 unspecified atom stereocenters. The first-order chi connectivity index (χ1) is 12.5. The molecule has 0 saturated heterocycles. The van der Waals surface area contributed by atoms with Gasteiger partial charge in [0.05, 0.1) is 7.11 Å². The standard InChI is InChI=1S/C20H16F3NO2/c1-10-5-13-12-7-19(25-2)24-9-11(12)3-4-18(13)26-20(10)14-6-16(22)17(23)8-15(14)21/h3-4,6-10,20H,5H2,1-2H3/t10-,20-/m0/s1. The van der Waals surface area contributed by atoms with E-state index in [0.717, 1.165) is 22.4 Å². The lowest BCUT2D eigenvalue weighted by Crippen LogP contribution is -2.25. The number of benzene rings is 2. The largest absolute Gasteiger partial charge is 0.485 e. The number of halogens is 3. The zero-order valence-corrected chi connectivity index (χ0v) is 14.2. The van der Waals surface area contributed by atoms with Crippen LogP contribution in [0.15, 0.2) is 36.5 Å². The van der Waals surface area contributed by atoms with E-state index in [1.54, 1.807) is 19.4 Å². The molecule has 0 bridgehead atoms. The highest BCUT2D eigenvalue weighted by Gasteiger charge is 2.32. The fourth-order valence-corrected chi connectivity index (χ4v) is 3.48. The summed E-state index contributed by atoms with van der Waals surface area (Å²) in [6.07, 6.45) is 1.63. The summed E-state index contributed by atoms with van der Waals surface area (Å²) in [6.45, 7) is 1.89. The molecule has 3 nitrogen and oxygen atoms in total. The second-order valence-corrected chi connectivity index (χ2v) is 6.50. The zero-order valence-electron chi connectivity index (χ0n) is 14.2. The third-order valence-electron chi connectivity index (χ3n) is 4.80. The van der Waals surface area contributed by atoms with Crippen molar-refractivity contribution in [3.8, 4) is 11.6 Å². The molecule has 0 N–H and O–H groups in total. The molecule has 0 spiro atoms. The van der Waals surface area contributed by atoms with E-state index in [2.05, 4.69) is 4.98 Å². The predicted octanol–water partition coefficient (Wildman–Crippen LogP) is 4.97. The molecule has 0 amide bonds. The summed E-state index contributed by atoms with van der Waals surface area (Å²) in [7, 11) is 1.55. The van der Waals surface area contributed by atoms with Gasteiger partial charge in [0, 0.05) is 40.8 Å². The first-order valence-electron chi connectivity index (χ1n) is 8.24. The van der Waals surface area contributed by atoms with Gasteiger partial charge in [-0.05, 0) is 30.0 Å². The van der Waals surface area contributed by atoms with Gasteiger partial charge in [-0.15, -0.1) is 0 Å². The molecule has 6 heteroatoms. The van der Waals surface area contributed by atoms with Crippen LogP contribution in [0.3, 0.4) is 0 Å². The Morgan fingerprint density at radius 1 is 1.08 bits per heavy atom. The Balaban J connectivity index is 1.80. The number of rotatable bonds is 2. The lowest BCUT2D eigenvalue weighted by Gasteiger charge is -2.33. The number of methoxy groups -OCH3 is 1. The predicted molar refractivity (Wildman–Crippen MR) is 90.8 cm³/mol. The minimum Gasteiger partial charge on any atom is -0.485 e. The second kappa shape index (κ2) is 6.20. The lowest BCUT2D eigenvalue weighted by atomic mass is 9.86. The maximum Gasteiger partial charge on any atom is 0.213 e. The van der Waals surface area contributed by atoms with Gasteiger partial charge in [-0.25, -0.2) is 18.2 Å². The average molecular weight is 359 g/mol. The van der Waals surface area contributed by atoms with Gasteiger partial charge >= 0.3 is 0 Å². The molecule has 1 aliphatic heterocycles. The molecule has 3 aromatic rings.